The average Bonchev–Trinajstić information content (AvgIpc) is 3.26. The second kappa shape index (κ2) is 9.65. The number of alkyl carbamates (subject to hydrolysis) is 1. The highest BCUT2D eigenvalue weighted by atomic mass is 16.6. The molecule has 0 saturated carbocycles. The van der Waals surface area contributed by atoms with E-state index in [4.69, 9.17) is 24.1 Å². The SMILES string of the molecule is [2H]c1cc([C@]2(C#N)O[C@H](C([2H])([2H])O)[C@@H](O)[C@H]2OC(=O)[C@@H](NC(=O)OC(C)(C)C)C(C)C)n2ncnc(N)c12. The van der Waals surface area contributed by atoms with Crippen LogP contribution >= 0.6 is 0 Å². The standard InChI is InChI=1S/C22H30N6O7/c1-11(2)15(27-20(32)35-21(3,4)5)19(31)33-17-16(30)13(8-29)34-22(17,9-23)14-7-6-12-18(24)25-10-26-28(12)14/h6-7,10-11,13,15-17,29-30H,8H2,1-5H3,(H,27,32)(H2,24,25,26)/t13-,15+,16-,17-,22+/m1/s1/i6D,8D2. The number of aromatic nitrogens is 3. The highest BCUT2D eigenvalue weighted by Crippen LogP contribution is 2.42. The normalized spacial score (nSPS) is 26.9. The second-order valence-corrected chi connectivity index (χ2v) is 9.31. The zero-order chi connectivity index (χ0) is 28.8. The van der Waals surface area contributed by atoms with Crippen LogP contribution in [0.2, 0.25) is 0 Å². The summed E-state index contributed by atoms with van der Waals surface area (Å²) in [5.74, 6) is -1.77. The minimum Gasteiger partial charge on any atom is -0.453 e. The topological polar surface area (TPSA) is 194 Å². The number of hydrogen-bond acceptors (Lipinski definition) is 11. The summed E-state index contributed by atoms with van der Waals surface area (Å²) in [6.07, 6.45) is -5.95. The number of ether oxygens (including phenoxy) is 3. The molecule has 1 amide bonds. The van der Waals surface area contributed by atoms with E-state index in [1.807, 2.05) is 0 Å². The number of anilines is 1. The number of nitriles is 1. The lowest BCUT2D eigenvalue weighted by Crippen LogP contribution is -2.51. The first-order chi connectivity index (χ1) is 17.4. The number of nitrogens with one attached hydrogen (secondary N) is 1. The summed E-state index contributed by atoms with van der Waals surface area (Å²) >= 11 is 0. The van der Waals surface area contributed by atoms with Crippen molar-refractivity contribution in [2.75, 3.05) is 12.3 Å². The van der Waals surface area contributed by atoms with Crippen molar-refractivity contribution >= 4 is 23.4 Å². The van der Waals surface area contributed by atoms with E-state index < -0.39 is 60.1 Å². The molecule has 0 bridgehead atoms. The molecule has 0 radical (unpaired) electrons. The van der Waals surface area contributed by atoms with E-state index >= 15 is 0 Å². The van der Waals surface area contributed by atoms with Gasteiger partial charge in [-0.25, -0.2) is 19.1 Å². The third kappa shape index (κ3) is 5.00. The quantitative estimate of drug-likeness (QED) is 0.403. The van der Waals surface area contributed by atoms with Crippen molar-refractivity contribution in [1.82, 2.24) is 19.9 Å². The smallest absolute Gasteiger partial charge is 0.408 e. The molecule has 5 atom stereocenters. The molecule has 3 rings (SSSR count). The van der Waals surface area contributed by atoms with Crippen LogP contribution in [-0.4, -0.2) is 73.4 Å². The summed E-state index contributed by atoms with van der Waals surface area (Å²) in [6, 6.07) is 1.36. The molecule has 1 saturated heterocycles. The summed E-state index contributed by atoms with van der Waals surface area (Å²) < 4.78 is 41.0. The molecular formula is C22H30N6O7. The third-order valence-electron chi connectivity index (χ3n) is 5.24. The molecule has 1 aliphatic heterocycles. The van der Waals surface area contributed by atoms with Crippen LogP contribution in [0.15, 0.2) is 18.4 Å². The van der Waals surface area contributed by atoms with Gasteiger partial charge >= 0.3 is 12.1 Å². The largest absolute Gasteiger partial charge is 0.453 e. The highest BCUT2D eigenvalue weighted by molar-refractivity contribution is 5.82. The molecule has 2 aromatic heterocycles. The number of aliphatic hydroxyl groups is 2. The lowest BCUT2D eigenvalue weighted by molar-refractivity contribution is -0.164. The molecule has 13 nitrogen and oxygen atoms in total. The molecule has 0 aliphatic carbocycles. The van der Waals surface area contributed by atoms with Crippen LogP contribution in [-0.2, 0) is 24.6 Å². The molecule has 2 aromatic rings. The Morgan fingerprint density at radius 3 is 2.77 bits per heavy atom. The maximum atomic E-state index is 13.3. The van der Waals surface area contributed by atoms with Gasteiger partial charge in [-0.1, -0.05) is 13.8 Å². The Kier molecular flexibility index (Phi) is 6.07. The minimum atomic E-state index is -3.18. The Morgan fingerprint density at radius 1 is 1.51 bits per heavy atom. The van der Waals surface area contributed by atoms with Gasteiger partial charge in [-0.15, -0.1) is 0 Å². The zero-order valence-corrected chi connectivity index (χ0v) is 19.8. The van der Waals surface area contributed by atoms with Crippen LogP contribution in [0.25, 0.3) is 5.52 Å². The Bertz CT molecular complexity index is 1270. The molecule has 0 unspecified atom stereocenters. The van der Waals surface area contributed by atoms with E-state index in [2.05, 4.69) is 15.4 Å². The predicted molar refractivity (Wildman–Crippen MR) is 121 cm³/mol. The van der Waals surface area contributed by atoms with Gasteiger partial charge in [0.1, 0.15) is 41.8 Å². The van der Waals surface area contributed by atoms with E-state index in [1.165, 1.54) is 0 Å². The van der Waals surface area contributed by atoms with Crippen LogP contribution < -0.4 is 11.1 Å². The highest BCUT2D eigenvalue weighted by Gasteiger charge is 2.60. The molecular weight excluding hydrogens is 460 g/mol. The average molecular weight is 494 g/mol. The van der Waals surface area contributed by atoms with Gasteiger partial charge in [0.15, 0.2) is 11.9 Å². The van der Waals surface area contributed by atoms with Gasteiger partial charge < -0.3 is 35.5 Å². The van der Waals surface area contributed by atoms with Crippen LogP contribution in [0.3, 0.4) is 0 Å². The molecule has 1 fully saturated rings. The Labute approximate surface area is 206 Å². The van der Waals surface area contributed by atoms with Crippen molar-refractivity contribution < 1.29 is 38.1 Å². The molecule has 3 heterocycles. The van der Waals surface area contributed by atoms with Crippen molar-refractivity contribution in [3.8, 4) is 6.07 Å². The number of aliphatic hydroxyl groups excluding tert-OH is 1. The fourth-order valence-electron chi connectivity index (χ4n) is 3.62. The fourth-order valence-corrected chi connectivity index (χ4v) is 3.62. The van der Waals surface area contributed by atoms with Crippen molar-refractivity contribution in [3.05, 3.63) is 24.1 Å². The Balaban J connectivity index is 2.09. The number of rotatable bonds is 6. The number of amides is 1. The molecule has 5 N–H and O–H groups in total. The van der Waals surface area contributed by atoms with Gasteiger partial charge in [0.25, 0.3) is 0 Å². The van der Waals surface area contributed by atoms with E-state index in [9.17, 15) is 25.1 Å². The van der Waals surface area contributed by atoms with Crippen molar-refractivity contribution in [2.45, 2.75) is 70.2 Å². The van der Waals surface area contributed by atoms with Crippen molar-refractivity contribution in [3.63, 3.8) is 0 Å². The summed E-state index contributed by atoms with van der Waals surface area (Å²) in [5, 5.41) is 37.7. The van der Waals surface area contributed by atoms with Gasteiger partial charge in [0, 0.05) is 0 Å². The Morgan fingerprint density at radius 2 is 2.20 bits per heavy atom. The van der Waals surface area contributed by atoms with Gasteiger partial charge in [-0.3, -0.25) is 0 Å². The van der Waals surface area contributed by atoms with Crippen molar-refractivity contribution in [2.24, 2.45) is 5.92 Å². The fraction of sp³-hybridized carbons (Fsp3) is 0.591. The lowest BCUT2D eigenvalue weighted by atomic mass is 9.92. The minimum absolute atomic E-state index is 0.0256. The summed E-state index contributed by atoms with van der Waals surface area (Å²) in [6.45, 7) is 4.91. The van der Waals surface area contributed by atoms with E-state index in [-0.39, 0.29) is 23.1 Å². The summed E-state index contributed by atoms with van der Waals surface area (Å²) in [4.78, 5) is 29.4. The van der Waals surface area contributed by atoms with E-state index in [0.29, 0.717) is 0 Å². The number of nitrogen functional groups attached to an aromatic ring is 1. The maximum Gasteiger partial charge on any atom is 0.408 e. The van der Waals surface area contributed by atoms with Crippen LogP contribution in [0.5, 0.6) is 0 Å². The Hall–Kier alpha value is -3.47. The number of carbonyl (C=O) groups is 2. The van der Waals surface area contributed by atoms with Crippen molar-refractivity contribution in [1.29, 1.82) is 5.26 Å². The number of nitrogens with two attached hydrogens (primary N) is 1. The number of carbonyl (C=O) groups excluding carboxylic acids is 2. The molecule has 1 aliphatic rings. The molecule has 13 heteroatoms. The first kappa shape index (κ1) is 22.0. The zero-order valence-electron chi connectivity index (χ0n) is 22.8. The van der Waals surface area contributed by atoms with Gasteiger partial charge in [-0.05, 0) is 38.8 Å². The number of fused-ring (bicyclic) bond motifs is 1. The molecule has 35 heavy (non-hydrogen) atoms. The monoisotopic (exact) mass is 493 g/mol. The number of nitrogens with zero attached hydrogens (tertiary/aromatic N) is 4. The van der Waals surface area contributed by atoms with E-state index in [1.54, 1.807) is 40.7 Å². The maximum absolute atomic E-state index is 13.3. The lowest BCUT2D eigenvalue weighted by Gasteiger charge is -2.30. The molecule has 0 spiro atoms. The van der Waals surface area contributed by atoms with Gasteiger partial charge in [0.05, 0.1) is 16.4 Å². The summed E-state index contributed by atoms with van der Waals surface area (Å²) in [7, 11) is 0. The first-order valence-corrected chi connectivity index (χ1v) is 10.7. The first-order valence-electron chi connectivity index (χ1n) is 12.2. The van der Waals surface area contributed by atoms with Crippen LogP contribution in [0.1, 0.15) is 44.4 Å². The van der Waals surface area contributed by atoms with Crippen LogP contribution in [0.4, 0.5) is 10.6 Å². The molecule has 190 valence electrons. The van der Waals surface area contributed by atoms with Gasteiger partial charge in [0.2, 0.25) is 5.60 Å². The van der Waals surface area contributed by atoms with Gasteiger partial charge in [-0.2, -0.15) is 10.4 Å². The second-order valence-electron chi connectivity index (χ2n) is 9.31. The van der Waals surface area contributed by atoms with Crippen LogP contribution in [0, 0.1) is 17.2 Å². The third-order valence-corrected chi connectivity index (χ3v) is 5.24. The predicted octanol–water partition coefficient (Wildman–Crippen LogP) is 0.243. The number of esters is 1. The molecule has 0 aromatic carbocycles. The summed E-state index contributed by atoms with van der Waals surface area (Å²) in [5.41, 5.74) is 2.26. The van der Waals surface area contributed by atoms with E-state index in [0.717, 1.165) is 16.9 Å². The number of hydrogen-bond donors (Lipinski definition) is 4.